The quantitative estimate of drug-likeness (QED) is 0.588. The van der Waals surface area contributed by atoms with Gasteiger partial charge in [0.25, 0.3) is 11.4 Å². The second-order valence-corrected chi connectivity index (χ2v) is 5.73. The van der Waals surface area contributed by atoms with E-state index in [1.807, 2.05) is 6.92 Å². The molecular weight excluding hydrogens is 355 g/mol. The number of unbranched alkanes of at least 4 members (excludes halogenated alkanes) is 1. The molecule has 2 heterocycles. The molecule has 1 aromatic carbocycles. The number of rotatable bonds is 7. The molecular formula is C18H17FN4O4. The van der Waals surface area contributed by atoms with Crippen LogP contribution in [0.3, 0.4) is 0 Å². The number of halogens is 1. The lowest BCUT2D eigenvalue weighted by Crippen LogP contribution is -2.25. The van der Waals surface area contributed by atoms with Crippen LogP contribution in [0, 0.1) is 5.82 Å². The van der Waals surface area contributed by atoms with Crippen molar-refractivity contribution in [2.75, 3.05) is 0 Å². The van der Waals surface area contributed by atoms with E-state index in [1.165, 1.54) is 41.1 Å². The number of esters is 1. The standard InChI is InChI=1S/C18H17FN4O4/c1-2-3-10-23-16(24)9-8-14(21-23)18(25)26-11-15-20-17(22-27-15)12-4-6-13(19)7-5-12/h4-9H,2-3,10-11H2,1H3. The van der Waals surface area contributed by atoms with Gasteiger partial charge in [0, 0.05) is 18.2 Å². The lowest BCUT2D eigenvalue weighted by Gasteiger charge is -2.05. The van der Waals surface area contributed by atoms with Crippen LogP contribution in [0.25, 0.3) is 11.4 Å². The smallest absolute Gasteiger partial charge is 0.359 e. The molecule has 0 aliphatic carbocycles. The predicted octanol–water partition coefficient (Wildman–Crippen LogP) is 2.59. The van der Waals surface area contributed by atoms with Crippen molar-refractivity contribution in [2.24, 2.45) is 0 Å². The van der Waals surface area contributed by atoms with Crippen molar-refractivity contribution in [3.05, 3.63) is 64.2 Å². The lowest BCUT2D eigenvalue weighted by atomic mass is 10.2. The van der Waals surface area contributed by atoms with E-state index in [1.54, 1.807) is 0 Å². The number of hydrogen-bond acceptors (Lipinski definition) is 7. The average molecular weight is 372 g/mol. The summed E-state index contributed by atoms with van der Waals surface area (Å²) in [7, 11) is 0. The maximum atomic E-state index is 13.0. The Kier molecular flexibility index (Phi) is 5.70. The Morgan fingerprint density at radius 2 is 2.00 bits per heavy atom. The molecule has 27 heavy (non-hydrogen) atoms. The fraction of sp³-hybridized carbons (Fsp3) is 0.278. The van der Waals surface area contributed by atoms with Crippen molar-refractivity contribution in [3.8, 4) is 11.4 Å². The molecule has 2 aromatic heterocycles. The van der Waals surface area contributed by atoms with Crippen molar-refractivity contribution in [3.63, 3.8) is 0 Å². The molecule has 9 heteroatoms. The number of benzene rings is 1. The summed E-state index contributed by atoms with van der Waals surface area (Å²) in [5.74, 6) is -0.736. The zero-order valence-electron chi connectivity index (χ0n) is 14.6. The third-order valence-electron chi connectivity index (χ3n) is 3.70. The van der Waals surface area contributed by atoms with Crippen LogP contribution in [0.15, 0.2) is 45.7 Å². The highest BCUT2D eigenvalue weighted by Gasteiger charge is 2.15. The molecule has 0 aliphatic rings. The van der Waals surface area contributed by atoms with Crippen LogP contribution >= 0.6 is 0 Å². The molecule has 0 aliphatic heterocycles. The van der Waals surface area contributed by atoms with Gasteiger partial charge in [0.05, 0.1) is 0 Å². The van der Waals surface area contributed by atoms with Crippen molar-refractivity contribution in [1.82, 2.24) is 19.9 Å². The topological polar surface area (TPSA) is 100 Å². The Hall–Kier alpha value is -3.36. The van der Waals surface area contributed by atoms with Gasteiger partial charge in [-0.2, -0.15) is 10.1 Å². The van der Waals surface area contributed by atoms with E-state index in [4.69, 9.17) is 9.26 Å². The van der Waals surface area contributed by atoms with Crippen LogP contribution in [0.4, 0.5) is 4.39 Å². The van der Waals surface area contributed by atoms with Crippen molar-refractivity contribution < 1.29 is 18.4 Å². The maximum Gasteiger partial charge on any atom is 0.359 e. The van der Waals surface area contributed by atoms with Crippen molar-refractivity contribution in [1.29, 1.82) is 0 Å². The third-order valence-corrected chi connectivity index (χ3v) is 3.70. The second kappa shape index (κ2) is 8.35. The molecule has 0 amide bonds. The summed E-state index contributed by atoms with van der Waals surface area (Å²) >= 11 is 0. The number of ether oxygens (including phenoxy) is 1. The molecule has 0 unspecified atom stereocenters. The third kappa shape index (κ3) is 4.63. The predicted molar refractivity (Wildman–Crippen MR) is 92.2 cm³/mol. The van der Waals surface area contributed by atoms with Gasteiger partial charge < -0.3 is 9.26 Å². The van der Waals surface area contributed by atoms with Gasteiger partial charge in [-0.3, -0.25) is 4.79 Å². The zero-order valence-corrected chi connectivity index (χ0v) is 14.6. The zero-order chi connectivity index (χ0) is 19.2. The van der Waals surface area contributed by atoms with E-state index < -0.39 is 5.97 Å². The van der Waals surface area contributed by atoms with Crippen molar-refractivity contribution in [2.45, 2.75) is 32.9 Å². The Morgan fingerprint density at radius 3 is 2.74 bits per heavy atom. The van der Waals surface area contributed by atoms with Crippen LogP contribution in [-0.4, -0.2) is 25.9 Å². The Labute approximate surface area is 153 Å². The van der Waals surface area contributed by atoms with E-state index >= 15 is 0 Å². The number of carbonyl (C=O) groups is 1. The maximum absolute atomic E-state index is 13.0. The summed E-state index contributed by atoms with van der Waals surface area (Å²) in [6.45, 7) is 2.18. The summed E-state index contributed by atoms with van der Waals surface area (Å²) in [6.07, 6.45) is 1.68. The van der Waals surface area contributed by atoms with E-state index in [2.05, 4.69) is 15.2 Å². The first-order valence-electron chi connectivity index (χ1n) is 8.40. The molecule has 0 N–H and O–H groups in total. The number of nitrogens with zero attached hydrogens (tertiary/aromatic N) is 4. The van der Waals surface area contributed by atoms with Crippen LogP contribution in [0.2, 0.25) is 0 Å². The fourth-order valence-corrected chi connectivity index (χ4v) is 2.26. The second-order valence-electron chi connectivity index (χ2n) is 5.73. The molecule has 0 bridgehead atoms. The fourth-order valence-electron chi connectivity index (χ4n) is 2.26. The molecule has 0 saturated heterocycles. The normalized spacial score (nSPS) is 10.7. The Bertz CT molecular complexity index is 982. The number of carbonyl (C=O) groups excluding carboxylic acids is 1. The van der Waals surface area contributed by atoms with Gasteiger partial charge in [-0.1, -0.05) is 18.5 Å². The van der Waals surface area contributed by atoms with E-state index in [9.17, 15) is 14.0 Å². The Morgan fingerprint density at radius 1 is 1.22 bits per heavy atom. The van der Waals surface area contributed by atoms with Crippen LogP contribution in [-0.2, 0) is 17.9 Å². The van der Waals surface area contributed by atoms with Gasteiger partial charge in [-0.15, -0.1) is 0 Å². The molecule has 0 atom stereocenters. The van der Waals surface area contributed by atoms with Gasteiger partial charge in [0.1, 0.15) is 5.82 Å². The monoisotopic (exact) mass is 372 g/mol. The highest BCUT2D eigenvalue weighted by atomic mass is 19.1. The largest absolute Gasteiger partial charge is 0.451 e. The van der Waals surface area contributed by atoms with Gasteiger partial charge in [0.15, 0.2) is 12.3 Å². The van der Waals surface area contributed by atoms with E-state index in [-0.39, 0.29) is 35.4 Å². The first kappa shape index (κ1) is 18.4. The minimum atomic E-state index is -0.707. The lowest BCUT2D eigenvalue weighted by molar-refractivity contribution is 0.0419. The van der Waals surface area contributed by atoms with Crippen LogP contribution in [0.1, 0.15) is 36.1 Å². The molecule has 140 valence electrons. The summed E-state index contributed by atoms with van der Waals surface area (Å²) in [5.41, 5.74) is 0.312. The van der Waals surface area contributed by atoms with E-state index in [0.29, 0.717) is 12.1 Å². The first-order chi connectivity index (χ1) is 13.1. The van der Waals surface area contributed by atoms with Gasteiger partial charge in [-0.25, -0.2) is 13.9 Å². The van der Waals surface area contributed by atoms with Crippen LogP contribution in [0.5, 0.6) is 0 Å². The summed E-state index contributed by atoms with van der Waals surface area (Å²) in [5, 5.41) is 7.78. The molecule has 0 radical (unpaired) electrons. The summed E-state index contributed by atoms with van der Waals surface area (Å²) < 4.78 is 24.3. The highest BCUT2D eigenvalue weighted by molar-refractivity contribution is 5.86. The van der Waals surface area contributed by atoms with E-state index in [0.717, 1.165) is 12.8 Å². The first-order valence-corrected chi connectivity index (χ1v) is 8.40. The minimum Gasteiger partial charge on any atom is -0.451 e. The van der Waals surface area contributed by atoms with Crippen LogP contribution < -0.4 is 5.56 Å². The molecule has 3 aromatic rings. The number of aromatic nitrogens is 4. The number of hydrogen-bond donors (Lipinski definition) is 0. The molecule has 0 saturated carbocycles. The highest BCUT2D eigenvalue weighted by Crippen LogP contribution is 2.16. The minimum absolute atomic E-state index is 0.0176. The van der Waals surface area contributed by atoms with Crippen molar-refractivity contribution >= 4 is 5.97 Å². The SMILES string of the molecule is CCCCn1nc(C(=O)OCc2nc(-c3ccc(F)cc3)no2)ccc1=O. The molecule has 0 spiro atoms. The summed E-state index contributed by atoms with van der Waals surface area (Å²) in [6, 6.07) is 8.18. The Balaban J connectivity index is 1.64. The van der Waals surface area contributed by atoms with Gasteiger partial charge >= 0.3 is 5.97 Å². The average Bonchev–Trinajstić information content (AvgIpc) is 3.15. The summed E-state index contributed by atoms with van der Waals surface area (Å²) in [4.78, 5) is 28.0. The molecule has 0 fully saturated rings. The number of aryl methyl sites for hydroxylation is 1. The molecule has 8 nitrogen and oxygen atoms in total. The van der Waals surface area contributed by atoms with Gasteiger partial charge in [-0.05, 0) is 36.8 Å². The van der Waals surface area contributed by atoms with Gasteiger partial charge in [0.2, 0.25) is 5.82 Å². The molecule has 3 rings (SSSR count).